The van der Waals surface area contributed by atoms with E-state index < -0.39 is 11.0 Å². The van der Waals surface area contributed by atoms with Crippen LogP contribution < -0.4 is 0 Å². The summed E-state index contributed by atoms with van der Waals surface area (Å²) in [5.74, 6) is 0.0328. The second-order valence-corrected chi connectivity index (χ2v) is 3.90. The van der Waals surface area contributed by atoms with E-state index in [-0.39, 0.29) is 11.7 Å². The third kappa shape index (κ3) is 2.02. The van der Waals surface area contributed by atoms with Gasteiger partial charge >= 0.3 is 11.8 Å². The first-order chi connectivity index (χ1) is 7.36. The molecule has 0 saturated carbocycles. The Bertz CT molecular complexity index is 422. The molecule has 0 saturated heterocycles. The molecule has 1 heterocycles. The van der Waals surface area contributed by atoms with E-state index in [0.717, 1.165) is 10.8 Å². The summed E-state index contributed by atoms with van der Waals surface area (Å²) in [6.45, 7) is 3.65. The minimum atomic E-state index is -0.611. The molecule has 7 nitrogen and oxygen atoms in total. The Morgan fingerprint density at radius 1 is 1.56 bits per heavy atom. The van der Waals surface area contributed by atoms with Crippen LogP contribution in [0.3, 0.4) is 0 Å². The maximum atomic E-state index is 11.8. The van der Waals surface area contributed by atoms with Crippen molar-refractivity contribution in [2.45, 2.75) is 19.8 Å². The monoisotopic (exact) mass is 226 g/mol. The summed E-state index contributed by atoms with van der Waals surface area (Å²) >= 11 is 0. The quantitative estimate of drug-likeness (QED) is 0.564. The molecule has 0 fully saturated rings. The first-order valence-corrected chi connectivity index (χ1v) is 4.80. The summed E-state index contributed by atoms with van der Waals surface area (Å²) in [5.41, 5.74) is 0. The zero-order chi connectivity index (χ0) is 12.5. The summed E-state index contributed by atoms with van der Waals surface area (Å²) in [4.78, 5) is 27.1. The van der Waals surface area contributed by atoms with Gasteiger partial charge in [-0.1, -0.05) is 13.8 Å². The van der Waals surface area contributed by atoms with E-state index in [9.17, 15) is 14.9 Å². The molecule has 88 valence electrons. The predicted octanol–water partition coefficient (Wildman–Crippen LogP) is 1.44. The molecule has 1 amide bonds. The van der Waals surface area contributed by atoms with Gasteiger partial charge < -0.3 is 15.0 Å². The summed E-state index contributed by atoms with van der Waals surface area (Å²) < 4.78 is 1.03. The predicted molar refractivity (Wildman–Crippen MR) is 57.5 cm³/mol. The van der Waals surface area contributed by atoms with Gasteiger partial charge in [-0.05, 0) is 4.92 Å². The number of hydrogen-bond donors (Lipinski definition) is 0. The highest BCUT2D eigenvalue weighted by Gasteiger charge is 2.29. The SMILES string of the molecule is CC(C)c1ncc([N+](=O)[O-])n1C(=O)N(C)C. The Morgan fingerprint density at radius 2 is 2.12 bits per heavy atom. The van der Waals surface area contributed by atoms with Gasteiger partial charge in [0.25, 0.3) is 0 Å². The first-order valence-electron chi connectivity index (χ1n) is 4.80. The van der Waals surface area contributed by atoms with Crippen LogP contribution in [0.15, 0.2) is 6.20 Å². The van der Waals surface area contributed by atoms with Crippen LogP contribution in [-0.4, -0.2) is 39.5 Å². The maximum Gasteiger partial charge on any atom is 0.417 e. The number of carbonyl (C=O) groups is 1. The second-order valence-electron chi connectivity index (χ2n) is 3.90. The number of nitro groups is 1. The molecular formula is C9H14N4O3. The topological polar surface area (TPSA) is 81.3 Å². The summed E-state index contributed by atoms with van der Waals surface area (Å²) in [6.07, 6.45) is 1.11. The number of imidazole rings is 1. The molecule has 1 rings (SSSR count). The fourth-order valence-electron chi connectivity index (χ4n) is 1.29. The van der Waals surface area contributed by atoms with Crippen LogP contribution in [0, 0.1) is 10.1 Å². The number of aromatic nitrogens is 2. The van der Waals surface area contributed by atoms with Gasteiger partial charge in [0.1, 0.15) is 6.20 Å². The number of nitrogens with zero attached hydrogens (tertiary/aromatic N) is 4. The lowest BCUT2D eigenvalue weighted by Gasteiger charge is -2.10. The van der Waals surface area contributed by atoms with Gasteiger partial charge in [0, 0.05) is 20.0 Å². The molecule has 16 heavy (non-hydrogen) atoms. The van der Waals surface area contributed by atoms with Crippen LogP contribution in [0.5, 0.6) is 0 Å². The third-order valence-electron chi connectivity index (χ3n) is 2.05. The molecule has 0 bridgehead atoms. The van der Waals surface area contributed by atoms with Gasteiger partial charge in [0.2, 0.25) is 5.82 Å². The summed E-state index contributed by atoms with van der Waals surface area (Å²) in [7, 11) is 3.08. The highest BCUT2D eigenvalue weighted by Crippen LogP contribution is 2.20. The van der Waals surface area contributed by atoms with Crippen molar-refractivity contribution in [3.63, 3.8) is 0 Å². The van der Waals surface area contributed by atoms with E-state index >= 15 is 0 Å². The normalized spacial score (nSPS) is 10.6. The lowest BCUT2D eigenvalue weighted by atomic mass is 10.2. The van der Waals surface area contributed by atoms with Crippen LogP contribution >= 0.6 is 0 Å². The van der Waals surface area contributed by atoms with E-state index in [0.29, 0.717) is 5.82 Å². The van der Waals surface area contributed by atoms with Crippen molar-refractivity contribution >= 4 is 11.8 Å². The summed E-state index contributed by atoms with van der Waals surface area (Å²) in [5, 5.41) is 10.8. The lowest BCUT2D eigenvalue weighted by molar-refractivity contribution is -0.390. The van der Waals surface area contributed by atoms with Crippen LogP contribution in [0.4, 0.5) is 10.6 Å². The van der Waals surface area contributed by atoms with Crippen molar-refractivity contribution in [2.24, 2.45) is 0 Å². The molecule has 0 atom stereocenters. The van der Waals surface area contributed by atoms with Gasteiger partial charge in [0.05, 0.1) is 0 Å². The van der Waals surface area contributed by atoms with Crippen molar-refractivity contribution in [2.75, 3.05) is 14.1 Å². The minimum Gasteiger partial charge on any atom is -0.358 e. The molecular weight excluding hydrogens is 212 g/mol. The van der Waals surface area contributed by atoms with Crippen molar-refractivity contribution < 1.29 is 9.72 Å². The summed E-state index contributed by atoms with van der Waals surface area (Å²) in [6, 6.07) is -0.465. The van der Waals surface area contributed by atoms with Crippen molar-refractivity contribution in [3.05, 3.63) is 22.1 Å². The fourth-order valence-corrected chi connectivity index (χ4v) is 1.29. The van der Waals surface area contributed by atoms with E-state index in [1.54, 1.807) is 0 Å². The highest BCUT2D eigenvalue weighted by molar-refractivity contribution is 5.79. The minimum absolute atomic E-state index is 0.0578. The first kappa shape index (κ1) is 12.2. The molecule has 0 N–H and O–H groups in total. The lowest BCUT2D eigenvalue weighted by Crippen LogP contribution is -2.29. The molecule has 0 spiro atoms. The molecule has 0 radical (unpaired) electrons. The number of rotatable bonds is 2. The van der Waals surface area contributed by atoms with Crippen molar-refractivity contribution in [1.29, 1.82) is 0 Å². The molecule has 0 aromatic carbocycles. The maximum absolute atomic E-state index is 11.8. The zero-order valence-electron chi connectivity index (χ0n) is 9.67. The van der Waals surface area contributed by atoms with Gasteiger partial charge in [-0.15, -0.1) is 4.57 Å². The second kappa shape index (κ2) is 4.30. The average molecular weight is 226 g/mol. The fraction of sp³-hybridized carbons (Fsp3) is 0.556. The van der Waals surface area contributed by atoms with Gasteiger partial charge in [-0.25, -0.2) is 9.78 Å². The van der Waals surface area contributed by atoms with Crippen LogP contribution in [-0.2, 0) is 0 Å². The Kier molecular flexibility index (Phi) is 3.26. The van der Waals surface area contributed by atoms with Crippen LogP contribution in [0.2, 0.25) is 0 Å². The standard InChI is InChI=1S/C9H14N4O3/c1-6(2)8-10-5-7(13(15)16)12(8)9(14)11(3)4/h5-6H,1-4H3. The third-order valence-corrected chi connectivity index (χ3v) is 2.05. The molecule has 0 unspecified atom stereocenters. The van der Waals surface area contributed by atoms with Gasteiger partial charge in [-0.3, -0.25) is 0 Å². The molecule has 0 aliphatic carbocycles. The van der Waals surface area contributed by atoms with Crippen LogP contribution in [0.1, 0.15) is 25.6 Å². The Morgan fingerprint density at radius 3 is 2.50 bits per heavy atom. The molecule has 7 heteroatoms. The van der Waals surface area contributed by atoms with Crippen molar-refractivity contribution in [1.82, 2.24) is 14.5 Å². The van der Waals surface area contributed by atoms with E-state index in [2.05, 4.69) is 4.98 Å². The van der Waals surface area contributed by atoms with Gasteiger partial charge in [0.15, 0.2) is 0 Å². The molecule has 0 aliphatic rings. The van der Waals surface area contributed by atoms with Crippen molar-refractivity contribution in [3.8, 4) is 0 Å². The van der Waals surface area contributed by atoms with E-state index in [1.807, 2.05) is 13.8 Å². The Labute approximate surface area is 92.8 Å². The molecule has 0 aliphatic heterocycles. The van der Waals surface area contributed by atoms with Crippen LogP contribution in [0.25, 0.3) is 0 Å². The molecule has 1 aromatic rings. The largest absolute Gasteiger partial charge is 0.417 e. The van der Waals surface area contributed by atoms with Gasteiger partial charge in [-0.2, -0.15) is 0 Å². The smallest absolute Gasteiger partial charge is 0.358 e. The average Bonchev–Trinajstić information content (AvgIpc) is 2.59. The highest BCUT2D eigenvalue weighted by atomic mass is 16.6. The van der Waals surface area contributed by atoms with E-state index in [4.69, 9.17) is 0 Å². The number of hydrogen-bond acceptors (Lipinski definition) is 4. The number of carbonyl (C=O) groups excluding carboxylic acids is 1. The molecule has 1 aromatic heterocycles. The number of amides is 1. The van der Waals surface area contributed by atoms with E-state index in [1.165, 1.54) is 19.0 Å². The Balaban J connectivity index is 3.35. The Hall–Kier alpha value is -1.92. The zero-order valence-corrected chi connectivity index (χ0v) is 9.67.